The minimum atomic E-state index is -3.56. The van der Waals surface area contributed by atoms with E-state index in [1.54, 1.807) is 24.0 Å². The summed E-state index contributed by atoms with van der Waals surface area (Å²) in [5, 5.41) is 0. The van der Waals surface area contributed by atoms with Crippen LogP contribution in [0.4, 0.5) is 0 Å². The molecular formula is C21H32N2O5S. The monoisotopic (exact) mass is 424 g/mol. The lowest BCUT2D eigenvalue weighted by atomic mass is 9.97. The maximum atomic E-state index is 12.7. The molecule has 1 aromatic carbocycles. The molecular weight excluding hydrogens is 392 g/mol. The SMILES string of the molecule is C[C@@H](Oc1ccc(S(=O)(=O)NC2CCCCCCC2)cc1)C(=O)N1CCOCC1. The summed E-state index contributed by atoms with van der Waals surface area (Å²) >= 11 is 0. The molecule has 1 N–H and O–H groups in total. The van der Waals surface area contributed by atoms with Gasteiger partial charge in [-0.15, -0.1) is 0 Å². The van der Waals surface area contributed by atoms with E-state index in [4.69, 9.17) is 9.47 Å². The van der Waals surface area contributed by atoms with Gasteiger partial charge in [-0.3, -0.25) is 4.79 Å². The smallest absolute Gasteiger partial charge is 0.263 e. The van der Waals surface area contributed by atoms with Gasteiger partial charge in [-0.05, 0) is 44.0 Å². The molecule has 0 spiro atoms. The fourth-order valence-corrected chi connectivity index (χ4v) is 5.16. The molecule has 0 aromatic heterocycles. The second kappa shape index (κ2) is 10.4. The molecule has 7 nitrogen and oxygen atoms in total. The first kappa shape index (κ1) is 22.1. The summed E-state index contributed by atoms with van der Waals surface area (Å²) in [4.78, 5) is 14.4. The van der Waals surface area contributed by atoms with E-state index in [1.807, 2.05) is 0 Å². The van der Waals surface area contributed by atoms with E-state index in [1.165, 1.54) is 31.4 Å². The third-order valence-corrected chi connectivity index (χ3v) is 7.08. The van der Waals surface area contributed by atoms with Crippen molar-refractivity contribution in [3.63, 3.8) is 0 Å². The van der Waals surface area contributed by atoms with Crippen LogP contribution in [0.2, 0.25) is 0 Å². The van der Waals surface area contributed by atoms with Crippen LogP contribution in [0.1, 0.15) is 51.9 Å². The summed E-state index contributed by atoms with van der Waals surface area (Å²) in [6, 6.07) is 6.28. The summed E-state index contributed by atoms with van der Waals surface area (Å²) in [7, 11) is -3.56. The Morgan fingerprint density at radius 2 is 1.66 bits per heavy atom. The first-order valence-electron chi connectivity index (χ1n) is 10.6. The Morgan fingerprint density at radius 1 is 1.07 bits per heavy atom. The predicted molar refractivity (Wildman–Crippen MR) is 110 cm³/mol. The van der Waals surface area contributed by atoms with Crippen molar-refractivity contribution >= 4 is 15.9 Å². The Morgan fingerprint density at radius 3 is 2.28 bits per heavy atom. The molecule has 1 aliphatic heterocycles. The van der Waals surface area contributed by atoms with Crippen LogP contribution in [-0.2, 0) is 19.6 Å². The highest BCUT2D eigenvalue weighted by molar-refractivity contribution is 7.89. The van der Waals surface area contributed by atoms with E-state index in [-0.39, 0.29) is 16.8 Å². The van der Waals surface area contributed by atoms with Gasteiger partial charge in [0.2, 0.25) is 10.0 Å². The Balaban J connectivity index is 1.57. The third kappa shape index (κ3) is 6.42. The lowest BCUT2D eigenvalue weighted by Crippen LogP contribution is -2.46. The largest absolute Gasteiger partial charge is 0.481 e. The maximum Gasteiger partial charge on any atom is 0.263 e. The molecule has 1 saturated heterocycles. The van der Waals surface area contributed by atoms with Crippen LogP contribution < -0.4 is 9.46 Å². The fraction of sp³-hybridized carbons (Fsp3) is 0.667. The van der Waals surface area contributed by atoms with Crippen LogP contribution in [0.25, 0.3) is 0 Å². The van der Waals surface area contributed by atoms with Gasteiger partial charge in [0, 0.05) is 19.1 Å². The molecule has 3 rings (SSSR count). The normalized spacial score (nSPS) is 20.5. The van der Waals surface area contributed by atoms with Gasteiger partial charge in [-0.25, -0.2) is 13.1 Å². The first-order valence-corrected chi connectivity index (χ1v) is 12.1. The van der Waals surface area contributed by atoms with Gasteiger partial charge in [-0.2, -0.15) is 0 Å². The van der Waals surface area contributed by atoms with Gasteiger partial charge < -0.3 is 14.4 Å². The number of nitrogens with one attached hydrogen (secondary N) is 1. The number of hydrogen-bond donors (Lipinski definition) is 1. The number of carbonyl (C=O) groups excluding carboxylic acids is 1. The predicted octanol–water partition coefficient (Wildman–Crippen LogP) is 2.70. The Kier molecular flexibility index (Phi) is 7.91. The topological polar surface area (TPSA) is 84.9 Å². The molecule has 2 aliphatic rings. The molecule has 29 heavy (non-hydrogen) atoms. The summed E-state index contributed by atoms with van der Waals surface area (Å²) in [5.41, 5.74) is 0. The molecule has 0 bridgehead atoms. The average Bonchev–Trinajstić information content (AvgIpc) is 2.70. The van der Waals surface area contributed by atoms with E-state index in [0.717, 1.165) is 25.7 Å². The third-order valence-electron chi connectivity index (χ3n) is 5.54. The van der Waals surface area contributed by atoms with Crippen LogP contribution in [-0.4, -0.2) is 57.7 Å². The van der Waals surface area contributed by atoms with E-state index < -0.39 is 16.1 Å². The highest BCUT2D eigenvalue weighted by atomic mass is 32.2. The van der Waals surface area contributed by atoms with Crippen LogP contribution in [0.5, 0.6) is 5.75 Å². The zero-order valence-corrected chi connectivity index (χ0v) is 18.0. The van der Waals surface area contributed by atoms with Crippen molar-refractivity contribution in [1.82, 2.24) is 9.62 Å². The van der Waals surface area contributed by atoms with Crippen molar-refractivity contribution < 1.29 is 22.7 Å². The zero-order chi connectivity index (χ0) is 20.7. The Labute approximate surface area is 173 Å². The fourth-order valence-electron chi connectivity index (χ4n) is 3.85. The molecule has 162 valence electrons. The molecule has 1 atom stereocenters. The van der Waals surface area contributed by atoms with Crippen molar-refractivity contribution in [3.05, 3.63) is 24.3 Å². The van der Waals surface area contributed by atoms with Gasteiger partial charge in [0.15, 0.2) is 6.10 Å². The molecule has 0 unspecified atom stereocenters. The lowest BCUT2D eigenvalue weighted by Gasteiger charge is -2.29. The Hall–Kier alpha value is -1.64. The number of carbonyl (C=O) groups is 1. The highest BCUT2D eigenvalue weighted by Crippen LogP contribution is 2.21. The number of benzene rings is 1. The van der Waals surface area contributed by atoms with Crippen molar-refractivity contribution in [2.24, 2.45) is 0 Å². The van der Waals surface area contributed by atoms with Crippen LogP contribution in [0, 0.1) is 0 Å². The first-order chi connectivity index (χ1) is 14.0. The molecule has 1 aromatic rings. The quantitative estimate of drug-likeness (QED) is 0.759. The minimum Gasteiger partial charge on any atom is -0.481 e. The number of nitrogens with zero attached hydrogens (tertiary/aromatic N) is 1. The summed E-state index contributed by atoms with van der Waals surface area (Å²) in [6.45, 7) is 3.92. The van der Waals surface area contributed by atoms with Crippen molar-refractivity contribution in [1.29, 1.82) is 0 Å². The highest BCUT2D eigenvalue weighted by Gasteiger charge is 2.24. The van der Waals surface area contributed by atoms with Gasteiger partial charge >= 0.3 is 0 Å². The molecule has 1 aliphatic carbocycles. The standard InChI is InChI=1S/C21H32N2O5S/c1-17(21(24)23-13-15-27-16-14-23)28-19-9-11-20(12-10-19)29(25,26)22-18-7-5-3-2-4-6-8-18/h9-12,17-18,22H,2-8,13-16H2,1H3/t17-/m1/s1. The summed E-state index contributed by atoms with van der Waals surface area (Å²) < 4.78 is 39.3. The zero-order valence-electron chi connectivity index (χ0n) is 17.1. The van der Waals surface area contributed by atoms with E-state index in [9.17, 15) is 13.2 Å². The molecule has 2 fully saturated rings. The summed E-state index contributed by atoms with van der Waals surface area (Å²) in [5.74, 6) is 0.389. The van der Waals surface area contributed by atoms with Crippen LogP contribution >= 0.6 is 0 Å². The van der Waals surface area contributed by atoms with Crippen molar-refractivity contribution in [2.45, 2.75) is 68.9 Å². The number of sulfonamides is 1. The molecule has 1 heterocycles. The summed E-state index contributed by atoms with van der Waals surface area (Å²) in [6.07, 6.45) is 6.86. The van der Waals surface area contributed by atoms with E-state index in [0.29, 0.717) is 32.1 Å². The molecule has 1 saturated carbocycles. The lowest BCUT2D eigenvalue weighted by molar-refractivity contribution is -0.142. The molecule has 1 amide bonds. The van der Waals surface area contributed by atoms with Gasteiger partial charge in [-0.1, -0.05) is 32.1 Å². The van der Waals surface area contributed by atoms with Crippen molar-refractivity contribution in [3.8, 4) is 5.75 Å². The van der Waals surface area contributed by atoms with Crippen molar-refractivity contribution in [2.75, 3.05) is 26.3 Å². The van der Waals surface area contributed by atoms with Gasteiger partial charge in [0.25, 0.3) is 5.91 Å². The number of hydrogen-bond acceptors (Lipinski definition) is 5. The van der Waals surface area contributed by atoms with E-state index in [2.05, 4.69) is 4.72 Å². The van der Waals surface area contributed by atoms with Gasteiger partial charge in [0.05, 0.1) is 18.1 Å². The van der Waals surface area contributed by atoms with Crippen LogP contribution in [0.15, 0.2) is 29.2 Å². The number of rotatable bonds is 6. The second-order valence-corrected chi connectivity index (χ2v) is 9.55. The second-order valence-electron chi connectivity index (χ2n) is 7.83. The van der Waals surface area contributed by atoms with E-state index >= 15 is 0 Å². The number of amides is 1. The van der Waals surface area contributed by atoms with Gasteiger partial charge in [0.1, 0.15) is 5.75 Å². The molecule has 8 heteroatoms. The average molecular weight is 425 g/mol. The minimum absolute atomic E-state index is 0.00222. The number of ether oxygens (including phenoxy) is 2. The Bertz CT molecular complexity index is 752. The number of morpholine rings is 1. The maximum absolute atomic E-state index is 12.7. The van der Waals surface area contributed by atoms with Crippen LogP contribution in [0.3, 0.4) is 0 Å². The molecule has 0 radical (unpaired) electrons.